The molecule has 0 fully saturated rings. The van der Waals surface area contributed by atoms with Gasteiger partial charge in [-0.3, -0.25) is 0 Å². The van der Waals surface area contributed by atoms with Crippen LogP contribution in [-0.2, 0) is 22.3 Å². The maximum Gasteiger partial charge on any atom is 0.317 e. The second-order valence-corrected chi connectivity index (χ2v) is 8.79. The molecule has 0 aliphatic carbocycles. The van der Waals surface area contributed by atoms with Gasteiger partial charge in [-0.15, -0.1) is 0 Å². The van der Waals surface area contributed by atoms with E-state index in [2.05, 4.69) is 10.0 Å². The summed E-state index contributed by atoms with van der Waals surface area (Å²) in [6, 6.07) is 14.0. The first kappa shape index (κ1) is 20.9. The Labute approximate surface area is 171 Å². The Kier molecular flexibility index (Phi) is 6.56. The molecular weight excluding hydrogens is 390 g/mol. The van der Waals surface area contributed by atoms with Crippen molar-refractivity contribution < 1.29 is 18.3 Å². The van der Waals surface area contributed by atoms with Crippen molar-refractivity contribution in [3.05, 3.63) is 71.3 Å². The molecule has 0 spiro atoms. The first-order valence-corrected chi connectivity index (χ1v) is 11.0. The van der Waals surface area contributed by atoms with Crippen molar-refractivity contribution in [1.29, 1.82) is 0 Å². The lowest BCUT2D eigenvalue weighted by Crippen LogP contribution is -2.41. The Bertz CT molecular complexity index is 1000. The third-order valence-corrected chi connectivity index (χ3v) is 6.25. The number of phenolic OH excluding ortho intramolecular Hbond substituents is 1. The van der Waals surface area contributed by atoms with Crippen LogP contribution in [0.15, 0.2) is 54.6 Å². The van der Waals surface area contributed by atoms with Crippen molar-refractivity contribution >= 4 is 21.6 Å². The summed E-state index contributed by atoms with van der Waals surface area (Å²) in [5, 5.41) is 12.3. The highest BCUT2D eigenvalue weighted by atomic mass is 32.2. The van der Waals surface area contributed by atoms with Gasteiger partial charge in [0.15, 0.2) is 0 Å². The molecule has 154 valence electrons. The molecule has 7 nitrogen and oxygen atoms in total. The summed E-state index contributed by atoms with van der Waals surface area (Å²) >= 11 is 0. The quantitative estimate of drug-likeness (QED) is 0.675. The van der Waals surface area contributed by atoms with Gasteiger partial charge in [0.2, 0.25) is 10.0 Å². The van der Waals surface area contributed by atoms with Crippen molar-refractivity contribution in [2.75, 3.05) is 20.1 Å². The van der Waals surface area contributed by atoms with Gasteiger partial charge in [-0.1, -0.05) is 42.5 Å². The Hall–Kier alpha value is -2.84. The van der Waals surface area contributed by atoms with Crippen LogP contribution < -0.4 is 10.0 Å². The number of aromatic hydroxyl groups is 1. The van der Waals surface area contributed by atoms with Crippen LogP contribution in [0.4, 0.5) is 4.79 Å². The Balaban J connectivity index is 1.59. The molecule has 2 aromatic rings. The standard InChI is InChI=1S/C21H25N3O4S/c1-22-29(27,28)15-19-5-3-2-4-18(19)14-23-21(26)24-12-10-17(11-13-24)16-6-8-20(25)9-7-16/h2-10,22,25H,11-15H2,1H3,(H,23,26). The summed E-state index contributed by atoms with van der Waals surface area (Å²) in [6.07, 6.45) is 2.75. The van der Waals surface area contributed by atoms with Crippen molar-refractivity contribution in [3.63, 3.8) is 0 Å². The number of benzene rings is 2. The maximum atomic E-state index is 12.5. The second-order valence-electron chi connectivity index (χ2n) is 6.86. The molecular formula is C21H25N3O4S. The highest BCUT2D eigenvalue weighted by Crippen LogP contribution is 2.24. The number of nitrogens with zero attached hydrogens (tertiary/aromatic N) is 1. The Morgan fingerprint density at radius 2 is 1.79 bits per heavy atom. The molecule has 0 bridgehead atoms. The van der Waals surface area contributed by atoms with Crippen LogP contribution in [0, 0.1) is 0 Å². The number of nitrogens with one attached hydrogen (secondary N) is 2. The van der Waals surface area contributed by atoms with Gasteiger partial charge in [0, 0.05) is 19.6 Å². The first-order valence-electron chi connectivity index (χ1n) is 9.37. The zero-order valence-corrected chi connectivity index (χ0v) is 17.1. The number of carbonyl (C=O) groups is 1. The minimum Gasteiger partial charge on any atom is -0.508 e. The molecule has 2 amide bonds. The lowest BCUT2D eigenvalue weighted by molar-refractivity contribution is 0.202. The van der Waals surface area contributed by atoms with Crippen LogP contribution in [0.1, 0.15) is 23.1 Å². The van der Waals surface area contributed by atoms with Gasteiger partial charge < -0.3 is 15.3 Å². The monoisotopic (exact) mass is 415 g/mol. The molecule has 8 heteroatoms. The van der Waals surface area contributed by atoms with Gasteiger partial charge in [-0.25, -0.2) is 17.9 Å². The minimum absolute atomic E-state index is 0.127. The van der Waals surface area contributed by atoms with Crippen molar-refractivity contribution in [2.45, 2.75) is 18.7 Å². The fourth-order valence-electron chi connectivity index (χ4n) is 3.22. The molecule has 0 aromatic heterocycles. The van der Waals surface area contributed by atoms with Gasteiger partial charge in [0.25, 0.3) is 0 Å². The van der Waals surface area contributed by atoms with E-state index >= 15 is 0 Å². The van der Waals surface area contributed by atoms with E-state index in [0.717, 1.165) is 23.1 Å². The summed E-state index contributed by atoms with van der Waals surface area (Å²) in [6.45, 7) is 1.35. The molecule has 1 heterocycles. The van der Waals surface area contributed by atoms with Gasteiger partial charge in [0.1, 0.15) is 5.75 Å². The molecule has 3 N–H and O–H groups in total. The lowest BCUT2D eigenvalue weighted by Gasteiger charge is -2.27. The molecule has 1 aliphatic heterocycles. The van der Waals surface area contributed by atoms with Crippen LogP contribution in [0.3, 0.4) is 0 Å². The van der Waals surface area contributed by atoms with Gasteiger partial charge in [0.05, 0.1) is 5.75 Å². The summed E-state index contributed by atoms with van der Waals surface area (Å²) in [7, 11) is -2.00. The van der Waals surface area contributed by atoms with Crippen molar-refractivity contribution in [1.82, 2.24) is 14.9 Å². The van der Waals surface area contributed by atoms with Gasteiger partial charge in [-0.2, -0.15) is 0 Å². The fraction of sp³-hybridized carbons (Fsp3) is 0.286. The van der Waals surface area contributed by atoms with Crippen LogP contribution in [0.2, 0.25) is 0 Å². The van der Waals surface area contributed by atoms with E-state index in [9.17, 15) is 18.3 Å². The molecule has 0 saturated carbocycles. The summed E-state index contributed by atoms with van der Waals surface area (Å²) in [4.78, 5) is 14.3. The molecule has 0 unspecified atom stereocenters. The smallest absolute Gasteiger partial charge is 0.317 e. The predicted molar refractivity (Wildman–Crippen MR) is 113 cm³/mol. The Morgan fingerprint density at radius 3 is 2.41 bits per heavy atom. The van der Waals surface area contributed by atoms with Crippen molar-refractivity contribution in [3.8, 4) is 5.75 Å². The van der Waals surface area contributed by atoms with E-state index in [1.54, 1.807) is 29.2 Å². The topological polar surface area (TPSA) is 98.7 Å². The van der Waals surface area contributed by atoms with E-state index < -0.39 is 10.0 Å². The molecule has 3 rings (SSSR count). The SMILES string of the molecule is CNS(=O)(=O)Cc1ccccc1CNC(=O)N1CC=C(c2ccc(O)cc2)CC1. The minimum atomic E-state index is -3.39. The molecule has 0 atom stereocenters. The van der Waals surface area contributed by atoms with E-state index in [1.807, 2.05) is 30.3 Å². The fourth-order valence-corrected chi connectivity index (χ4v) is 4.06. The summed E-state index contributed by atoms with van der Waals surface area (Å²) < 4.78 is 26.0. The van der Waals surface area contributed by atoms with E-state index in [-0.39, 0.29) is 24.1 Å². The number of hydrogen-bond acceptors (Lipinski definition) is 4. The van der Waals surface area contributed by atoms with E-state index in [1.165, 1.54) is 7.05 Å². The molecule has 0 radical (unpaired) electrons. The highest BCUT2D eigenvalue weighted by Gasteiger charge is 2.18. The average molecular weight is 416 g/mol. The number of hydrogen-bond donors (Lipinski definition) is 3. The number of amides is 2. The van der Waals surface area contributed by atoms with Crippen LogP contribution in [0.5, 0.6) is 5.75 Å². The third-order valence-electron chi connectivity index (χ3n) is 4.94. The van der Waals surface area contributed by atoms with E-state index in [4.69, 9.17) is 0 Å². The van der Waals surface area contributed by atoms with Gasteiger partial charge >= 0.3 is 6.03 Å². The van der Waals surface area contributed by atoms with Crippen LogP contribution in [-0.4, -0.2) is 44.6 Å². The Morgan fingerprint density at radius 1 is 1.10 bits per heavy atom. The van der Waals surface area contributed by atoms with E-state index in [0.29, 0.717) is 18.7 Å². The zero-order chi connectivity index (χ0) is 20.9. The van der Waals surface area contributed by atoms with Gasteiger partial charge in [-0.05, 0) is 47.9 Å². The van der Waals surface area contributed by atoms with Crippen LogP contribution in [0.25, 0.3) is 5.57 Å². The van der Waals surface area contributed by atoms with Crippen LogP contribution >= 0.6 is 0 Å². The number of sulfonamides is 1. The third kappa shape index (κ3) is 5.58. The number of rotatable bonds is 6. The predicted octanol–water partition coefficient (Wildman–Crippen LogP) is 2.44. The highest BCUT2D eigenvalue weighted by molar-refractivity contribution is 7.88. The number of carbonyl (C=O) groups excluding carboxylic acids is 1. The number of urea groups is 1. The summed E-state index contributed by atoms with van der Waals surface area (Å²) in [5.41, 5.74) is 3.63. The van der Waals surface area contributed by atoms with Crippen molar-refractivity contribution in [2.24, 2.45) is 0 Å². The normalized spacial score (nSPS) is 14.4. The molecule has 29 heavy (non-hydrogen) atoms. The number of phenols is 1. The molecule has 1 aliphatic rings. The maximum absolute atomic E-state index is 12.5. The largest absolute Gasteiger partial charge is 0.508 e. The second kappa shape index (κ2) is 9.11. The lowest BCUT2D eigenvalue weighted by atomic mass is 9.99. The molecule has 2 aromatic carbocycles. The first-order chi connectivity index (χ1) is 13.9. The average Bonchev–Trinajstić information content (AvgIpc) is 2.73. The summed E-state index contributed by atoms with van der Waals surface area (Å²) in [5.74, 6) is 0.104. The molecule has 0 saturated heterocycles. The zero-order valence-electron chi connectivity index (χ0n) is 16.3.